The Morgan fingerprint density at radius 2 is 0.558 bits per heavy atom. The summed E-state index contributed by atoms with van der Waals surface area (Å²) in [7, 11) is 0. The lowest BCUT2D eigenvalue weighted by atomic mass is 9.97. The summed E-state index contributed by atoms with van der Waals surface area (Å²) < 4.78 is 9.90. The molecule has 0 saturated heterocycles. The van der Waals surface area contributed by atoms with E-state index in [1.807, 2.05) is 24.3 Å². The summed E-state index contributed by atoms with van der Waals surface area (Å²) in [5.41, 5.74) is 21.8. The maximum Gasteiger partial charge on any atom is 0.160 e. The Labute approximate surface area is 687 Å². The Hall–Kier alpha value is -16.2. The van der Waals surface area contributed by atoms with Gasteiger partial charge in [-0.05, 0) is 168 Å². The third-order valence-electron chi connectivity index (χ3n) is 24.9. The topological polar surface area (TPSA) is 71.3 Å². The summed E-state index contributed by atoms with van der Waals surface area (Å²) in [4.78, 5) is 20.7. The maximum absolute atomic E-state index is 5.41. The van der Waals surface area contributed by atoms with Crippen molar-refractivity contribution >= 4 is 174 Å². The van der Waals surface area contributed by atoms with Crippen LogP contribution in [0.25, 0.3) is 242 Å². The van der Waals surface area contributed by atoms with Gasteiger partial charge in [0.15, 0.2) is 11.6 Å². The lowest BCUT2D eigenvalue weighted by molar-refractivity contribution is 1.17. The van der Waals surface area contributed by atoms with Gasteiger partial charge in [0, 0.05) is 87.2 Å². The van der Waals surface area contributed by atoms with Gasteiger partial charge in [0.05, 0.1) is 83.6 Å². The predicted octanol–water partition coefficient (Wildman–Crippen LogP) is 29.2. The van der Waals surface area contributed by atoms with Crippen LogP contribution in [0, 0.1) is 0 Å². The van der Waals surface area contributed by atoms with Crippen LogP contribution in [0.1, 0.15) is 0 Å². The van der Waals surface area contributed by atoms with Crippen molar-refractivity contribution in [3.05, 3.63) is 413 Å². The first kappa shape index (κ1) is 67.2. The molecule has 556 valence electrons. The van der Waals surface area contributed by atoms with Crippen LogP contribution in [0.4, 0.5) is 0 Å². The molecule has 0 aliphatic carbocycles. The van der Waals surface area contributed by atoms with Gasteiger partial charge in [-0.3, -0.25) is 0 Å². The predicted molar refractivity (Wildman–Crippen MR) is 503 cm³/mol. The molecule has 26 aromatic rings. The lowest BCUT2D eigenvalue weighted by Gasteiger charge is -2.16. The van der Waals surface area contributed by atoms with Crippen LogP contribution in [-0.2, 0) is 0 Å². The maximum atomic E-state index is 5.41. The van der Waals surface area contributed by atoms with Crippen molar-refractivity contribution in [2.45, 2.75) is 0 Å². The SMILES string of the molecule is c1ccc(-c2nc(-c3ccc(-n4c5cc6ccccc6cc5c5c(-n6c7ccccc7c7c8ccccc8ccc76)cccc54)cc3)c3ccccc3n2)cc1.c1ccc2cc(-c3nc(-c4ccc(-n5c6cc7ccccc7cc6c6c(-n7c8ccccc8c8c9ccccc9ccc87)cccc65)c5ccccc45)c4ccccc4n3)ccc2c1. The normalized spacial score (nSPS) is 12.0. The average Bonchev–Trinajstić information content (AvgIpc) is 1.72. The fourth-order valence-electron chi connectivity index (χ4n) is 19.6. The van der Waals surface area contributed by atoms with E-state index in [1.54, 1.807) is 0 Å². The molecule has 0 radical (unpaired) electrons. The molecular formula is C112H68N8. The Morgan fingerprint density at radius 3 is 1.13 bits per heavy atom. The quantitative estimate of drug-likeness (QED) is 0.152. The van der Waals surface area contributed by atoms with Crippen molar-refractivity contribution in [3.63, 3.8) is 0 Å². The standard InChI is InChI=1S/C60H36N4.C52H32N4/c1-2-16-39-34-42(29-28-37(39)14-1)60-61-50-24-11-9-22-47(50)59(62-60)46-31-33-52(45-21-8-7-20-44(45)46)64-54-27-13-26-53(58(54)49-35-40-17-3-4-18-41(40)36-56(49)64)63-51-25-12-10-23-48(51)57-43-19-6-5-15-38(43)30-32-55(57)63;1-2-14-35(15-3-1)52-53-43-21-10-8-19-40(43)51(54-52)34-25-28-38(29-26-34)55-45-23-12-24-46(50(45)42-31-36-16-4-5-17-37(36)32-48(42)55)56-44-22-11-9-20-41(44)49-39-18-7-6-13-33(39)27-30-47(49)56/h1-36H;1-32H. The van der Waals surface area contributed by atoms with Crippen LogP contribution >= 0.6 is 0 Å². The third kappa shape index (κ3) is 10.4. The zero-order valence-corrected chi connectivity index (χ0v) is 64.8. The first-order valence-electron chi connectivity index (χ1n) is 41.0. The summed E-state index contributed by atoms with van der Waals surface area (Å²) in [6, 6.07) is 149. The summed E-state index contributed by atoms with van der Waals surface area (Å²) >= 11 is 0. The number of rotatable bonds is 8. The average molecular weight is 1530 g/mol. The van der Waals surface area contributed by atoms with Crippen LogP contribution in [0.15, 0.2) is 413 Å². The second kappa shape index (κ2) is 26.7. The molecule has 0 amide bonds. The van der Waals surface area contributed by atoms with Gasteiger partial charge in [0.1, 0.15) is 0 Å². The van der Waals surface area contributed by atoms with Crippen molar-refractivity contribution in [2.75, 3.05) is 0 Å². The van der Waals surface area contributed by atoms with E-state index in [0.717, 1.165) is 106 Å². The summed E-state index contributed by atoms with van der Waals surface area (Å²) in [5, 5.41) is 26.6. The number of hydrogen-bond acceptors (Lipinski definition) is 4. The second-order valence-electron chi connectivity index (χ2n) is 31.5. The summed E-state index contributed by atoms with van der Waals surface area (Å²) in [6.07, 6.45) is 0. The molecule has 0 atom stereocenters. The fraction of sp³-hybridized carbons (Fsp3) is 0. The highest BCUT2D eigenvalue weighted by atomic mass is 15.0. The van der Waals surface area contributed by atoms with Gasteiger partial charge in [0.25, 0.3) is 0 Å². The Morgan fingerprint density at radius 1 is 0.167 bits per heavy atom. The smallest absolute Gasteiger partial charge is 0.160 e. The van der Waals surface area contributed by atoms with Gasteiger partial charge in [0.2, 0.25) is 0 Å². The van der Waals surface area contributed by atoms with Gasteiger partial charge in [-0.15, -0.1) is 0 Å². The Kier molecular flexibility index (Phi) is 15.0. The van der Waals surface area contributed by atoms with Crippen molar-refractivity contribution in [3.8, 4) is 68.0 Å². The first-order chi connectivity index (χ1) is 59.5. The molecule has 0 saturated carbocycles. The van der Waals surface area contributed by atoms with Crippen LogP contribution in [0.3, 0.4) is 0 Å². The highest BCUT2D eigenvalue weighted by Crippen LogP contribution is 2.48. The molecule has 26 rings (SSSR count). The van der Waals surface area contributed by atoms with Crippen LogP contribution in [0.5, 0.6) is 0 Å². The molecule has 120 heavy (non-hydrogen) atoms. The molecule has 0 fully saturated rings. The Bertz CT molecular complexity index is 8810. The molecule has 0 aliphatic heterocycles. The van der Waals surface area contributed by atoms with Crippen LogP contribution < -0.4 is 0 Å². The molecule has 0 spiro atoms. The molecule has 20 aromatic carbocycles. The number of fused-ring (bicyclic) bond motifs is 22. The Balaban J connectivity index is 0.000000134. The highest BCUT2D eigenvalue weighted by Gasteiger charge is 2.27. The molecule has 8 nitrogen and oxygen atoms in total. The fourth-order valence-corrected chi connectivity index (χ4v) is 19.6. The minimum Gasteiger partial charge on any atom is -0.309 e. The van der Waals surface area contributed by atoms with E-state index in [2.05, 4.69) is 407 Å². The van der Waals surface area contributed by atoms with Gasteiger partial charge >= 0.3 is 0 Å². The second-order valence-corrected chi connectivity index (χ2v) is 31.5. The number of nitrogens with zero attached hydrogens (tertiary/aromatic N) is 8. The van der Waals surface area contributed by atoms with Crippen molar-refractivity contribution in [1.29, 1.82) is 0 Å². The van der Waals surface area contributed by atoms with Crippen molar-refractivity contribution in [1.82, 2.24) is 38.2 Å². The van der Waals surface area contributed by atoms with E-state index in [4.69, 9.17) is 19.9 Å². The number of benzene rings is 20. The van der Waals surface area contributed by atoms with E-state index in [-0.39, 0.29) is 0 Å². The molecule has 8 heteroatoms. The lowest BCUT2D eigenvalue weighted by Crippen LogP contribution is -1.99. The van der Waals surface area contributed by atoms with Crippen LogP contribution in [0.2, 0.25) is 0 Å². The minimum atomic E-state index is 0.715. The van der Waals surface area contributed by atoms with E-state index < -0.39 is 0 Å². The summed E-state index contributed by atoms with van der Waals surface area (Å²) in [6.45, 7) is 0. The van der Waals surface area contributed by atoms with E-state index >= 15 is 0 Å². The molecule has 0 bridgehead atoms. The molecule has 0 aliphatic rings. The van der Waals surface area contributed by atoms with Crippen molar-refractivity contribution in [2.24, 2.45) is 0 Å². The monoisotopic (exact) mass is 1520 g/mol. The minimum absolute atomic E-state index is 0.715. The number of aromatic nitrogens is 8. The molecule has 0 N–H and O–H groups in total. The third-order valence-corrected chi connectivity index (χ3v) is 24.9. The van der Waals surface area contributed by atoms with E-state index in [0.29, 0.717) is 5.82 Å². The van der Waals surface area contributed by atoms with Gasteiger partial charge in [-0.1, -0.05) is 303 Å². The van der Waals surface area contributed by atoms with Gasteiger partial charge < -0.3 is 18.3 Å². The van der Waals surface area contributed by atoms with E-state index in [9.17, 15) is 0 Å². The summed E-state index contributed by atoms with van der Waals surface area (Å²) in [5.74, 6) is 1.44. The first-order valence-corrected chi connectivity index (χ1v) is 41.0. The van der Waals surface area contributed by atoms with E-state index in [1.165, 1.54) is 130 Å². The molecular weight excluding hydrogens is 1460 g/mol. The zero-order chi connectivity index (χ0) is 78.6. The zero-order valence-electron chi connectivity index (χ0n) is 64.8. The highest BCUT2D eigenvalue weighted by molar-refractivity contribution is 6.26. The van der Waals surface area contributed by atoms with Gasteiger partial charge in [-0.25, -0.2) is 19.9 Å². The molecule has 6 aromatic heterocycles. The molecule has 6 heterocycles. The van der Waals surface area contributed by atoms with Gasteiger partial charge in [-0.2, -0.15) is 0 Å². The number of para-hydroxylation sites is 4. The van der Waals surface area contributed by atoms with Crippen LogP contribution in [-0.4, -0.2) is 38.2 Å². The van der Waals surface area contributed by atoms with Crippen molar-refractivity contribution < 1.29 is 0 Å². The largest absolute Gasteiger partial charge is 0.309 e. The molecule has 0 unspecified atom stereocenters. The number of hydrogen-bond donors (Lipinski definition) is 0.